The molecule has 0 bridgehead atoms. The van der Waals surface area contributed by atoms with Crippen molar-refractivity contribution in [1.82, 2.24) is 8.87 Å². The van der Waals surface area contributed by atoms with Crippen molar-refractivity contribution in [2.75, 3.05) is 6.54 Å². The van der Waals surface area contributed by atoms with Crippen LogP contribution in [0.3, 0.4) is 0 Å². The Morgan fingerprint density at radius 3 is 2.59 bits per heavy atom. The van der Waals surface area contributed by atoms with Crippen LogP contribution < -0.4 is 4.80 Å². The molecule has 170 valence electrons. The summed E-state index contributed by atoms with van der Waals surface area (Å²) in [5, 5.41) is 0.666. The van der Waals surface area contributed by atoms with Crippen LogP contribution in [0.5, 0.6) is 0 Å². The molecule has 2 heterocycles. The van der Waals surface area contributed by atoms with Crippen molar-refractivity contribution in [3.05, 3.63) is 57.3 Å². The summed E-state index contributed by atoms with van der Waals surface area (Å²) in [5.74, 6) is -0.413. The minimum absolute atomic E-state index is 0.0370. The number of fused-ring (bicyclic) bond motifs is 1. The molecule has 1 amide bonds. The summed E-state index contributed by atoms with van der Waals surface area (Å²) < 4.78 is 30.7. The van der Waals surface area contributed by atoms with E-state index < -0.39 is 15.9 Å². The highest BCUT2D eigenvalue weighted by Crippen LogP contribution is 2.28. The number of thiazole rings is 1. The highest BCUT2D eigenvalue weighted by molar-refractivity contribution is 7.89. The molecule has 0 radical (unpaired) electrons. The number of amides is 1. The van der Waals surface area contributed by atoms with E-state index in [1.165, 1.54) is 23.5 Å². The van der Waals surface area contributed by atoms with Gasteiger partial charge in [-0.05, 0) is 68.1 Å². The van der Waals surface area contributed by atoms with Crippen LogP contribution in [0.4, 0.5) is 0 Å². The van der Waals surface area contributed by atoms with E-state index in [1.807, 2.05) is 37.6 Å². The summed E-state index contributed by atoms with van der Waals surface area (Å²) in [6.45, 7) is 4.50. The SMILES string of the molecule is CCC1CCCCN1S(=O)(=O)c1ccc(C(=O)N=c2sc3ccc(Cl)c(C)c3n2C)cc1. The zero-order chi connectivity index (χ0) is 23.0. The first-order valence-electron chi connectivity index (χ1n) is 10.7. The van der Waals surface area contributed by atoms with Gasteiger partial charge in [0, 0.05) is 30.2 Å². The van der Waals surface area contributed by atoms with Crippen LogP contribution in [0.25, 0.3) is 10.2 Å². The molecule has 0 saturated carbocycles. The average molecular weight is 492 g/mol. The Hall–Kier alpha value is -2.00. The molecule has 1 saturated heterocycles. The quantitative estimate of drug-likeness (QED) is 0.521. The summed E-state index contributed by atoms with van der Waals surface area (Å²) >= 11 is 7.65. The predicted octanol–water partition coefficient (Wildman–Crippen LogP) is 4.90. The minimum Gasteiger partial charge on any atom is -0.319 e. The third-order valence-corrected chi connectivity index (χ3v) is 9.57. The Morgan fingerprint density at radius 1 is 1.19 bits per heavy atom. The van der Waals surface area contributed by atoms with Gasteiger partial charge in [-0.1, -0.05) is 36.3 Å². The molecule has 1 aliphatic rings. The Bertz CT molecular complexity index is 1340. The van der Waals surface area contributed by atoms with Crippen LogP contribution in [-0.2, 0) is 17.1 Å². The van der Waals surface area contributed by atoms with Crippen LogP contribution >= 0.6 is 22.9 Å². The van der Waals surface area contributed by atoms with Crippen LogP contribution in [0, 0.1) is 6.92 Å². The second-order valence-corrected chi connectivity index (χ2v) is 11.4. The molecule has 1 unspecified atom stereocenters. The molecule has 4 rings (SSSR count). The number of aryl methyl sites for hydroxylation is 2. The van der Waals surface area contributed by atoms with Crippen molar-refractivity contribution in [3.8, 4) is 0 Å². The van der Waals surface area contributed by atoms with Crippen LogP contribution in [0.1, 0.15) is 48.5 Å². The molecular weight excluding hydrogens is 466 g/mol. The van der Waals surface area contributed by atoms with Gasteiger partial charge in [-0.15, -0.1) is 0 Å². The molecule has 1 aliphatic heterocycles. The lowest BCUT2D eigenvalue weighted by molar-refractivity contribution is 0.0998. The number of rotatable bonds is 4. The molecular formula is C23H26ClN3O3S2. The fourth-order valence-corrected chi connectivity index (χ4v) is 7.26. The van der Waals surface area contributed by atoms with E-state index in [0.29, 0.717) is 21.9 Å². The van der Waals surface area contributed by atoms with E-state index in [1.54, 1.807) is 16.4 Å². The molecule has 32 heavy (non-hydrogen) atoms. The number of nitrogens with zero attached hydrogens (tertiary/aromatic N) is 3. The van der Waals surface area contributed by atoms with Gasteiger partial charge >= 0.3 is 0 Å². The van der Waals surface area contributed by atoms with Gasteiger partial charge in [0.2, 0.25) is 10.0 Å². The number of aromatic nitrogens is 1. The maximum absolute atomic E-state index is 13.1. The molecule has 6 nitrogen and oxygen atoms in total. The monoisotopic (exact) mass is 491 g/mol. The maximum Gasteiger partial charge on any atom is 0.279 e. The Morgan fingerprint density at radius 2 is 1.91 bits per heavy atom. The largest absolute Gasteiger partial charge is 0.319 e. The van der Waals surface area contributed by atoms with Gasteiger partial charge in [0.05, 0.1) is 15.1 Å². The first-order valence-corrected chi connectivity index (χ1v) is 13.3. The normalized spacial score (nSPS) is 18.4. The van der Waals surface area contributed by atoms with Crippen molar-refractivity contribution in [2.24, 2.45) is 12.0 Å². The van der Waals surface area contributed by atoms with E-state index in [-0.39, 0.29) is 10.9 Å². The average Bonchev–Trinajstić information content (AvgIpc) is 3.12. The molecule has 0 aliphatic carbocycles. The first-order chi connectivity index (χ1) is 15.2. The lowest BCUT2D eigenvalue weighted by Gasteiger charge is -2.34. The second kappa shape index (κ2) is 9.09. The Balaban J connectivity index is 1.64. The van der Waals surface area contributed by atoms with Gasteiger partial charge in [0.1, 0.15) is 0 Å². The molecule has 9 heteroatoms. The van der Waals surface area contributed by atoms with Crippen molar-refractivity contribution in [2.45, 2.75) is 50.5 Å². The lowest BCUT2D eigenvalue weighted by atomic mass is 10.0. The van der Waals surface area contributed by atoms with Gasteiger partial charge < -0.3 is 4.57 Å². The maximum atomic E-state index is 13.1. The third kappa shape index (κ3) is 4.17. The summed E-state index contributed by atoms with van der Waals surface area (Å²) in [7, 11) is -1.73. The van der Waals surface area contributed by atoms with Crippen LogP contribution in [0.15, 0.2) is 46.3 Å². The third-order valence-electron chi connectivity index (χ3n) is 6.10. The highest BCUT2D eigenvalue weighted by atomic mass is 35.5. The number of benzene rings is 2. The summed E-state index contributed by atoms with van der Waals surface area (Å²) in [6.07, 6.45) is 3.62. The summed E-state index contributed by atoms with van der Waals surface area (Å²) in [5.41, 5.74) is 2.24. The van der Waals surface area contributed by atoms with Gasteiger partial charge in [0.25, 0.3) is 5.91 Å². The number of piperidine rings is 1. The Kier molecular flexibility index (Phi) is 6.58. The van der Waals surface area contributed by atoms with Crippen LogP contribution in [0.2, 0.25) is 5.02 Å². The van der Waals surface area contributed by atoms with E-state index in [0.717, 1.165) is 41.5 Å². The van der Waals surface area contributed by atoms with Crippen molar-refractivity contribution in [1.29, 1.82) is 0 Å². The number of carbonyl (C=O) groups excluding carboxylic acids is 1. The topological polar surface area (TPSA) is 71.7 Å². The Labute approximate surface area is 197 Å². The number of sulfonamides is 1. The van der Waals surface area contributed by atoms with Crippen molar-refractivity contribution >= 4 is 49.1 Å². The molecule has 0 spiro atoms. The molecule has 1 aromatic heterocycles. The minimum atomic E-state index is -3.58. The standard InChI is InChI=1S/C23H26ClN3O3S2/c1-4-17-7-5-6-14-27(17)32(29,30)18-10-8-16(9-11-18)22(28)25-23-26(3)21-15(2)19(24)12-13-20(21)31-23/h8-13,17H,4-7,14H2,1-3H3. The molecule has 0 N–H and O–H groups in total. The molecule has 1 fully saturated rings. The van der Waals surface area contributed by atoms with E-state index in [4.69, 9.17) is 11.6 Å². The summed E-state index contributed by atoms with van der Waals surface area (Å²) in [4.78, 5) is 17.9. The predicted molar refractivity (Wildman–Crippen MR) is 129 cm³/mol. The van der Waals surface area contributed by atoms with Gasteiger partial charge in [-0.25, -0.2) is 8.42 Å². The fraction of sp³-hybridized carbons (Fsp3) is 0.391. The second-order valence-electron chi connectivity index (χ2n) is 8.08. The first kappa shape index (κ1) is 23.2. The van der Waals surface area contributed by atoms with Gasteiger partial charge in [-0.2, -0.15) is 9.30 Å². The van der Waals surface area contributed by atoms with E-state index in [2.05, 4.69) is 4.99 Å². The van der Waals surface area contributed by atoms with E-state index in [9.17, 15) is 13.2 Å². The smallest absolute Gasteiger partial charge is 0.279 e. The highest BCUT2D eigenvalue weighted by Gasteiger charge is 2.32. The summed E-state index contributed by atoms with van der Waals surface area (Å²) in [6, 6.07) is 9.89. The van der Waals surface area contributed by atoms with Crippen molar-refractivity contribution < 1.29 is 13.2 Å². The molecule has 3 aromatic rings. The van der Waals surface area contributed by atoms with Gasteiger partial charge in [0.15, 0.2) is 4.80 Å². The molecule has 1 atom stereocenters. The van der Waals surface area contributed by atoms with Crippen molar-refractivity contribution in [3.63, 3.8) is 0 Å². The zero-order valence-electron chi connectivity index (χ0n) is 18.3. The lowest BCUT2D eigenvalue weighted by Crippen LogP contribution is -2.43. The zero-order valence-corrected chi connectivity index (χ0v) is 20.7. The van der Waals surface area contributed by atoms with E-state index >= 15 is 0 Å². The number of hydrogen-bond acceptors (Lipinski definition) is 4. The fourth-order valence-electron chi connectivity index (χ4n) is 4.26. The van der Waals surface area contributed by atoms with Crippen LogP contribution in [-0.4, -0.2) is 35.8 Å². The number of hydrogen-bond donors (Lipinski definition) is 0. The number of carbonyl (C=O) groups is 1. The van der Waals surface area contributed by atoms with Gasteiger partial charge in [-0.3, -0.25) is 4.79 Å². The molecule has 2 aromatic carbocycles. The number of halogens is 1.